The second-order valence-corrected chi connectivity index (χ2v) is 11.2. The molecule has 6 rings (SSSR count). The minimum atomic E-state index is -1.01. The summed E-state index contributed by atoms with van der Waals surface area (Å²) in [4.78, 5) is 14.5. The van der Waals surface area contributed by atoms with Crippen molar-refractivity contribution < 1.29 is 15.3 Å². The van der Waals surface area contributed by atoms with E-state index >= 15 is 0 Å². The average Bonchev–Trinajstić information content (AvgIpc) is 3.42. The van der Waals surface area contributed by atoms with Crippen LogP contribution in [-0.4, -0.2) is 61.2 Å². The molecule has 2 aliphatic carbocycles. The van der Waals surface area contributed by atoms with Crippen molar-refractivity contribution in [3.8, 4) is 10.6 Å². The minimum absolute atomic E-state index is 0.180. The van der Waals surface area contributed by atoms with Gasteiger partial charge in [0.2, 0.25) is 5.95 Å². The quantitative estimate of drug-likeness (QED) is 0.250. The first kappa shape index (κ1) is 24.2. The van der Waals surface area contributed by atoms with Crippen molar-refractivity contribution in [2.75, 3.05) is 17.2 Å². The Morgan fingerprint density at radius 2 is 1.65 bits per heavy atom. The van der Waals surface area contributed by atoms with E-state index in [1.165, 1.54) is 5.56 Å². The van der Waals surface area contributed by atoms with E-state index in [-0.39, 0.29) is 18.6 Å². The Bertz CT molecular complexity index is 1360. The molecule has 0 spiro atoms. The molecule has 0 bridgehead atoms. The lowest BCUT2D eigenvalue weighted by Crippen LogP contribution is -2.36. The van der Waals surface area contributed by atoms with Gasteiger partial charge in [-0.2, -0.15) is 4.98 Å². The second kappa shape index (κ2) is 9.98. The van der Waals surface area contributed by atoms with Gasteiger partial charge in [0, 0.05) is 18.6 Å². The highest BCUT2D eigenvalue weighted by Gasteiger charge is 2.41. The highest BCUT2D eigenvalue weighted by molar-refractivity contribution is 7.21. The first-order chi connectivity index (χ1) is 18.0. The maximum atomic E-state index is 10.7. The van der Waals surface area contributed by atoms with E-state index < -0.39 is 18.2 Å². The van der Waals surface area contributed by atoms with Crippen LogP contribution in [0.25, 0.3) is 20.8 Å². The highest BCUT2D eigenvalue weighted by atomic mass is 32.1. The molecule has 0 amide bonds. The number of aryl methyl sites for hydroxylation is 1. The lowest BCUT2D eigenvalue weighted by molar-refractivity contribution is 0.00446. The van der Waals surface area contributed by atoms with Crippen LogP contribution in [0.3, 0.4) is 0 Å². The molecule has 8 nitrogen and oxygen atoms in total. The molecule has 37 heavy (non-hydrogen) atoms. The zero-order chi connectivity index (χ0) is 25.5. The Balaban J connectivity index is 1.30. The average molecular weight is 518 g/mol. The standard InChI is InChI=1S/C28H31N5O3S/c1-15-23(27-32-20-9-5-6-10-22(20)37-27)26(31-21-13-18(14-34)24(35)25(21)36)33-28(29-15)30-19-11-17(12-19)16-7-3-2-4-8-16/h2-10,17-19,21,24-25,34-36H,11-14H2,1H3,(H2,29,30,31,33)/t17-,18-,19+,21-,24-,25+/m1/s1. The molecule has 5 N–H and O–H groups in total. The number of nitrogens with one attached hydrogen (secondary N) is 2. The Morgan fingerprint density at radius 3 is 2.38 bits per heavy atom. The summed E-state index contributed by atoms with van der Waals surface area (Å²) >= 11 is 1.57. The lowest BCUT2D eigenvalue weighted by Gasteiger charge is -2.36. The van der Waals surface area contributed by atoms with Crippen LogP contribution in [0.15, 0.2) is 54.6 Å². The van der Waals surface area contributed by atoms with Gasteiger partial charge < -0.3 is 26.0 Å². The minimum Gasteiger partial charge on any atom is -0.396 e. The molecule has 0 unspecified atom stereocenters. The first-order valence-electron chi connectivity index (χ1n) is 12.8. The Morgan fingerprint density at radius 1 is 0.892 bits per heavy atom. The summed E-state index contributed by atoms with van der Waals surface area (Å²) in [6.07, 6.45) is 0.468. The Kier molecular flexibility index (Phi) is 6.54. The number of aliphatic hydroxyl groups is 3. The first-order valence-corrected chi connectivity index (χ1v) is 13.6. The third-order valence-electron chi connectivity index (χ3n) is 7.70. The molecular formula is C28H31N5O3S. The van der Waals surface area contributed by atoms with Crippen LogP contribution in [0.4, 0.5) is 11.8 Å². The van der Waals surface area contributed by atoms with Crippen LogP contribution < -0.4 is 10.6 Å². The number of para-hydroxylation sites is 1. The molecule has 0 radical (unpaired) electrons. The van der Waals surface area contributed by atoms with Crippen LogP contribution >= 0.6 is 11.3 Å². The van der Waals surface area contributed by atoms with Crippen molar-refractivity contribution in [3.63, 3.8) is 0 Å². The van der Waals surface area contributed by atoms with E-state index in [2.05, 4.69) is 34.9 Å². The molecular weight excluding hydrogens is 486 g/mol. The van der Waals surface area contributed by atoms with Gasteiger partial charge in [-0.3, -0.25) is 0 Å². The van der Waals surface area contributed by atoms with E-state index in [4.69, 9.17) is 15.0 Å². The van der Waals surface area contributed by atoms with Gasteiger partial charge in [0.25, 0.3) is 0 Å². The number of fused-ring (bicyclic) bond motifs is 1. The van der Waals surface area contributed by atoms with Gasteiger partial charge >= 0.3 is 0 Å². The van der Waals surface area contributed by atoms with Gasteiger partial charge in [0.05, 0.1) is 33.6 Å². The van der Waals surface area contributed by atoms with E-state index in [1.807, 2.05) is 37.3 Å². The Labute approximate surface area is 219 Å². The van der Waals surface area contributed by atoms with E-state index in [0.717, 1.165) is 39.3 Å². The predicted molar refractivity (Wildman–Crippen MR) is 146 cm³/mol. The van der Waals surface area contributed by atoms with Gasteiger partial charge in [-0.05, 0) is 49.8 Å². The number of aromatic nitrogens is 3. The number of hydrogen-bond acceptors (Lipinski definition) is 9. The summed E-state index contributed by atoms with van der Waals surface area (Å²) in [7, 11) is 0. The predicted octanol–water partition coefficient (Wildman–Crippen LogP) is 3.93. The summed E-state index contributed by atoms with van der Waals surface area (Å²) < 4.78 is 1.07. The molecule has 2 fully saturated rings. The molecule has 2 saturated carbocycles. The lowest BCUT2D eigenvalue weighted by atomic mass is 9.76. The van der Waals surface area contributed by atoms with Crippen LogP contribution in [-0.2, 0) is 0 Å². The summed E-state index contributed by atoms with van der Waals surface area (Å²) in [5.41, 5.74) is 3.84. The topological polar surface area (TPSA) is 123 Å². The highest BCUT2D eigenvalue weighted by Crippen LogP contribution is 2.40. The van der Waals surface area contributed by atoms with Crippen LogP contribution in [0.2, 0.25) is 0 Å². The number of rotatable bonds is 7. The number of hydrogen-bond donors (Lipinski definition) is 5. The largest absolute Gasteiger partial charge is 0.396 e. The fraction of sp³-hybridized carbons (Fsp3) is 0.393. The fourth-order valence-corrected chi connectivity index (χ4v) is 6.58. The summed E-state index contributed by atoms with van der Waals surface area (Å²) in [5, 5.41) is 38.3. The monoisotopic (exact) mass is 517 g/mol. The zero-order valence-electron chi connectivity index (χ0n) is 20.6. The molecule has 4 atom stereocenters. The van der Waals surface area contributed by atoms with E-state index in [0.29, 0.717) is 24.1 Å². The molecule has 192 valence electrons. The normalized spacial score (nSPS) is 27.2. The van der Waals surface area contributed by atoms with Crippen molar-refractivity contribution in [2.45, 2.75) is 56.4 Å². The zero-order valence-corrected chi connectivity index (χ0v) is 21.4. The molecule has 4 aromatic rings. The molecule has 2 heterocycles. The van der Waals surface area contributed by atoms with Crippen molar-refractivity contribution >= 4 is 33.3 Å². The van der Waals surface area contributed by atoms with Crippen molar-refractivity contribution in [3.05, 3.63) is 65.9 Å². The number of benzene rings is 2. The third-order valence-corrected chi connectivity index (χ3v) is 8.75. The van der Waals surface area contributed by atoms with Gasteiger partial charge in [-0.25, -0.2) is 9.97 Å². The third kappa shape index (κ3) is 4.68. The Hall–Kier alpha value is -3.11. The van der Waals surface area contributed by atoms with Gasteiger partial charge in [-0.15, -0.1) is 11.3 Å². The number of nitrogens with zero attached hydrogens (tertiary/aromatic N) is 3. The summed E-state index contributed by atoms with van der Waals surface area (Å²) in [6.45, 7) is 1.77. The van der Waals surface area contributed by atoms with E-state index in [1.54, 1.807) is 11.3 Å². The number of aliphatic hydroxyl groups excluding tert-OH is 3. The molecule has 0 saturated heterocycles. The molecule has 0 aliphatic heterocycles. The van der Waals surface area contributed by atoms with Crippen molar-refractivity contribution in [1.82, 2.24) is 15.0 Å². The van der Waals surface area contributed by atoms with Crippen LogP contribution in [0.5, 0.6) is 0 Å². The summed E-state index contributed by atoms with van der Waals surface area (Å²) in [6, 6.07) is 18.4. The summed E-state index contributed by atoms with van der Waals surface area (Å²) in [5.74, 6) is 1.25. The fourth-order valence-electron chi connectivity index (χ4n) is 5.52. The number of thiazole rings is 1. The van der Waals surface area contributed by atoms with Crippen molar-refractivity contribution in [2.24, 2.45) is 5.92 Å². The maximum absolute atomic E-state index is 10.7. The molecule has 2 aromatic carbocycles. The SMILES string of the molecule is Cc1nc(N[C@H]2C[C@@H](c3ccccc3)C2)nc(N[C@@H]2C[C@H](CO)[C@@H](O)[C@H]2O)c1-c1nc2ccccc2s1. The molecule has 2 aliphatic rings. The van der Waals surface area contributed by atoms with Crippen LogP contribution in [0, 0.1) is 12.8 Å². The molecule has 9 heteroatoms. The molecule has 2 aromatic heterocycles. The van der Waals surface area contributed by atoms with Crippen molar-refractivity contribution in [1.29, 1.82) is 0 Å². The van der Waals surface area contributed by atoms with Crippen LogP contribution in [0.1, 0.15) is 36.4 Å². The van der Waals surface area contributed by atoms with Gasteiger partial charge in [-0.1, -0.05) is 42.5 Å². The van der Waals surface area contributed by atoms with E-state index in [9.17, 15) is 15.3 Å². The smallest absolute Gasteiger partial charge is 0.225 e. The number of anilines is 2. The van der Waals surface area contributed by atoms with Gasteiger partial charge in [0.15, 0.2) is 0 Å². The second-order valence-electron chi connectivity index (χ2n) is 10.2. The van der Waals surface area contributed by atoms with Gasteiger partial charge in [0.1, 0.15) is 16.9 Å². The maximum Gasteiger partial charge on any atom is 0.225 e.